The number of aliphatic carboxylic acids is 1. The standard InChI is InChI=1S/C11H21NO4/c1-10(2,11(3,4)16)12-8(13)6-5-7-9(14)15/h16H,5-7H2,1-4H3,(H,12,13)(H,14,15). The Balaban J connectivity index is 4.10. The molecule has 0 aliphatic heterocycles. The van der Waals surface area contributed by atoms with Gasteiger partial charge in [-0.25, -0.2) is 0 Å². The predicted molar refractivity (Wildman–Crippen MR) is 60.0 cm³/mol. The Hall–Kier alpha value is -1.10. The van der Waals surface area contributed by atoms with Gasteiger partial charge in [0, 0.05) is 12.8 Å². The van der Waals surface area contributed by atoms with Gasteiger partial charge in [-0.05, 0) is 34.1 Å². The van der Waals surface area contributed by atoms with E-state index in [1.54, 1.807) is 27.7 Å². The van der Waals surface area contributed by atoms with Crippen molar-refractivity contribution in [3.63, 3.8) is 0 Å². The first-order valence-corrected chi connectivity index (χ1v) is 5.31. The van der Waals surface area contributed by atoms with Gasteiger partial charge >= 0.3 is 5.97 Å². The van der Waals surface area contributed by atoms with Crippen LogP contribution in [0.15, 0.2) is 0 Å². The second kappa shape index (κ2) is 5.30. The largest absolute Gasteiger partial charge is 0.481 e. The van der Waals surface area contributed by atoms with Gasteiger partial charge in [0.25, 0.3) is 0 Å². The summed E-state index contributed by atoms with van der Waals surface area (Å²) < 4.78 is 0. The van der Waals surface area contributed by atoms with Crippen molar-refractivity contribution in [1.82, 2.24) is 5.32 Å². The van der Waals surface area contributed by atoms with Crippen LogP contribution in [0.3, 0.4) is 0 Å². The SMILES string of the molecule is CC(C)(O)C(C)(C)NC(=O)CCCC(=O)O. The van der Waals surface area contributed by atoms with Crippen LogP contribution in [0.4, 0.5) is 0 Å². The molecule has 5 heteroatoms. The van der Waals surface area contributed by atoms with Crippen LogP contribution in [0.5, 0.6) is 0 Å². The Morgan fingerprint density at radius 3 is 2.00 bits per heavy atom. The number of carboxylic acid groups (broad SMARTS) is 1. The van der Waals surface area contributed by atoms with E-state index in [2.05, 4.69) is 5.32 Å². The molecule has 0 aliphatic rings. The monoisotopic (exact) mass is 231 g/mol. The number of aliphatic hydroxyl groups is 1. The van der Waals surface area contributed by atoms with E-state index in [9.17, 15) is 14.7 Å². The Morgan fingerprint density at radius 1 is 1.12 bits per heavy atom. The fourth-order valence-electron chi connectivity index (χ4n) is 0.964. The highest BCUT2D eigenvalue weighted by Crippen LogP contribution is 2.20. The minimum atomic E-state index is -1.03. The third kappa shape index (κ3) is 5.11. The summed E-state index contributed by atoms with van der Waals surface area (Å²) in [5, 5.41) is 20.9. The lowest BCUT2D eigenvalue weighted by Gasteiger charge is -2.38. The number of nitrogens with one attached hydrogen (secondary N) is 1. The van der Waals surface area contributed by atoms with Gasteiger partial charge in [-0.3, -0.25) is 9.59 Å². The van der Waals surface area contributed by atoms with Gasteiger partial charge in [0.05, 0.1) is 11.1 Å². The topological polar surface area (TPSA) is 86.6 Å². The summed E-state index contributed by atoms with van der Waals surface area (Å²) in [6.45, 7) is 6.68. The fourth-order valence-corrected chi connectivity index (χ4v) is 0.964. The average Bonchev–Trinajstić information content (AvgIpc) is 1.99. The Labute approximate surface area is 95.9 Å². The van der Waals surface area contributed by atoms with Gasteiger partial charge in [-0.2, -0.15) is 0 Å². The normalized spacial score (nSPS) is 12.3. The molecule has 5 nitrogen and oxygen atoms in total. The van der Waals surface area contributed by atoms with Gasteiger partial charge in [-0.1, -0.05) is 0 Å². The number of amides is 1. The van der Waals surface area contributed by atoms with Crippen molar-refractivity contribution < 1.29 is 19.8 Å². The van der Waals surface area contributed by atoms with Crippen LogP contribution in [-0.2, 0) is 9.59 Å². The summed E-state index contributed by atoms with van der Waals surface area (Å²) in [6, 6.07) is 0. The molecule has 0 fully saturated rings. The molecule has 1 amide bonds. The van der Waals surface area contributed by atoms with Crippen molar-refractivity contribution in [2.24, 2.45) is 0 Å². The van der Waals surface area contributed by atoms with Crippen LogP contribution < -0.4 is 5.32 Å². The molecule has 0 aromatic heterocycles. The van der Waals surface area contributed by atoms with E-state index in [-0.39, 0.29) is 18.7 Å². The van der Waals surface area contributed by atoms with E-state index >= 15 is 0 Å². The highest BCUT2D eigenvalue weighted by molar-refractivity contribution is 5.77. The van der Waals surface area contributed by atoms with Crippen LogP contribution in [0.25, 0.3) is 0 Å². The van der Waals surface area contributed by atoms with Gasteiger partial charge < -0.3 is 15.5 Å². The maximum atomic E-state index is 11.5. The van der Waals surface area contributed by atoms with Crippen molar-refractivity contribution >= 4 is 11.9 Å². The quantitative estimate of drug-likeness (QED) is 0.634. The Kier molecular flexibility index (Phi) is 4.93. The van der Waals surface area contributed by atoms with Gasteiger partial charge in [0.2, 0.25) is 5.91 Å². The Bertz CT molecular complexity index is 266. The maximum absolute atomic E-state index is 11.5. The minimum absolute atomic E-state index is 0.0175. The van der Waals surface area contributed by atoms with Crippen molar-refractivity contribution in [2.45, 2.75) is 58.1 Å². The summed E-state index contributed by atoms with van der Waals surface area (Å²) in [4.78, 5) is 21.7. The first-order chi connectivity index (χ1) is 7.06. The molecule has 0 heterocycles. The van der Waals surface area contributed by atoms with Gasteiger partial charge in [0.1, 0.15) is 0 Å². The van der Waals surface area contributed by atoms with E-state index in [4.69, 9.17) is 5.11 Å². The molecule has 0 aromatic rings. The zero-order valence-electron chi connectivity index (χ0n) is 10.3. The smallest absolute Gasteiger partial charge is 0.303 e. The zero-order chi connectivity index (χ0) is 13.0. The molecular weight excluding hydrogens is 210 g/mol. The lowest BCUT2D eigenvalue weighted by molar-refractivity contribution is -0.137. The number of hydrogen-bond donors (Lipinski definition) is 3. The molecule has 3 N–H and O–H groups in total. The molecule has 0 spiro atoms. The summed E-state index contributed by atoms with van der Waals surface area (Å²) in [5.41, 5.74) is -1.78. The zero-order valence-corrected chi connectivity index (χ0v) is 10.3. The van der Waals surface area contributed by atoms with E-state index in [1.165, 1.54) is 0 Å². The average molecular weight is 231 g/mol. The molecular formula is C11H21NO4. The van der Waals surface area contributed by atoms with Crippen LogP contribution >= 0.6 is 0 Å². The number of carbonyl (C=O) groups excluding carboxylic acids is 1. The molecule has 0 unspecified atom stereocenters. The second-order valence-corrected chi connectivity index (χ2v) is 4.98. The Morgan fingerprint density at radius 2 is 1.62 bits per heavy atom. The highest BCUT2D eigenvalue weighted by Gasteiger charge is 2.35. The van der Waals surface area contributed by atoms with E-state index in [0.29, 0.717) is 6.42 Å². The van der Waals surface area contributed by atoms with Crippen LogP contribution in [0.1, 0.15) is 47.0 Å². The molecule has 0 saturated carbocycles. The third-order valence-corrected chi connectivity index (χ3v) is 2.78. The molecule has 0 radical (unpaired) electrons. The van der Waals surface area contributed by atoms with Gasteiger partial charge in [-0.15, -0.1) is 0 Å². The number of carboxylic acids is 1. The van der Waals surface area contributed by atoms with Crippen LogP contribution in [0.2, 0.25) is 0 Å². The minimum Gasteiger partial charge on any atom is -0.481 e. The molecule has 0 aliphatic carbocycles. The predicted octanol–water partition coefficient (Wildman–Crippen LogP) is 0.907. The summed E-state index contributed by atoms with van der Waals surface area (Å²) >= 11 is 0. The van der Waals surface area contributed by atoms with Crippen molar-refractivity contribution in [3.05, 3.63) is 0 Å². The van der Waals surface area contributed by atoms with E-state index in [1.807, 2.05) is 0 Å². The first kappa shape index (κ1) is 14.9. The summed E-state index contributed by atoms with van der Waals surface area (Å²) in [6.07, 6.45) is 0.450. The molecule has 0 aromatic carbocycles. The van der Waals surface area contributed by atoms with Crippen molar-refractivity contribution in [2.75, 3.05) is 0 Å². The molecule has 0 saturated heterocycles. The molecule has 16 heavy (non-hydrogen) atoms. The maximum Gasteiger partial charge on any atom is 0.303 e. The number of rotatable bonds is 6. The third-order valence-electron chi connectivity index (χ3n) is 2.78. The molecule has 0 rings (SSSR count). The lowest BCUT2D eigenvalue weighted by Crippen LogP contribution is -2.57. The van der Waals surface area contributed by atoms with E-state index < -0.39 is 17.1 Å². The lowest BCUT2D eigenvalue weighted by atomic mass is 9.86. The number of hydrogen-bond acceptors (Lipinski definition) is 3. The second-order valence-electron chi connectivity index (χ2n) is 4.98. The summed E-state index contributed by atoms with van der Waals surface area (Å²) in [5.74, 6) is -1.15. The van der Waals surface area contributed by atoms with Crippen LogP contribution in [-0.4, -0.2) is 33.2 Å². The fraction of sp³-hybridized carbons (Fsp3) is 0.818. The molecule has 94 valence electrons. The first-order valence-electron chi connectivity index (χ1n) is 5.31. The van der Waals surface area contributed by atoms with Gasteiger partial charge in [0.15, 0.2) is 0 Å². The van der Waals surface area contributed by atoms with Crippen molar-refractivity contribution in [1.29, 1.82) is 0 Å². The van der Waals surface area contributed by atoms with Crippen molar-refractivity contribution in [3.8, 4) is 0 Å². The highest BCUT2D eigenvalue weighted by atomic mass is 16.4. The van der Waals surface area contributed by atoms with E-state index in [0.717, 1.165) is 0 Å². The molecule has 0 bridgehead atoms. The van der Waals surface area contributed by atoms with Crippen LogP contribution in [0, 0.1) is 0 Å². The summed E-state index contributed by atoms with van der Waals surface area (Å²) in [7, 11) is 0. The molecule has 0 atom stereocenters. The number of carbonyl (C=O) groups is 2.